The third kappa shape index (κ3) is 4.02. The molecule has 0 saturated heterocycles. The van der Waals surface area contributed by atoms with Crippen LogP contribution in [-0.4, -0.2) is 12.1 Å². The van der Waals surface area contributed by atoms with Crippen molar-refractivity contribution in [2.75, 3.05) is 7.11 Å². The van der Waals surface area contributed by atoms with Crippen LogP contribution in [0.25, 0.3) is 11.3 Å². The van der Waals surface area contributed by atoms with Gasteiger partial charge in [-0.25, -0.2) is 4.98 Å². The zero-order valence-corrected chi connectivity index (χ0v) is 14.8. The molecule has 3 aromatic rings. The van der Waals surface area contributed by atoms with E-state index in [4.69, 9.17) is 9.72 Å². The summed E-state index contributed by atoms with van der Waals surface area (Å²) >= 11 is 1.70. The molecule has 124 valence electrons. The number of hydrogen-bond donors (Lipinski definition) is 1. The van der Waals surface area contributed by atoms with Crippen LogP contribution in [0, 0.1) is 0 Å². The molecule has 0 aliphatic rings. The van der Waals surface area contributed by atoms with Crippen LogP contribution < -0.4 is 10.1 Å². The van der Waals surface area contributed by atoms with Crippen molar-refractivity contribution in [2.45, 2.75) is 25.9 Å². The molecule has 24 heavy (non-hydrogen) atoms. The van der Waals surface area contributed by atoms with Crippen LogP contribution in [0.3, 0.4) is 0 Å². The normalized spacial score (nSPS) is 12.1. The maximum absolute atomic E-state index is 5.23. The summed E-state index contributed by atoms with van der Waals surface area (Å²) in [5.74, 6) is 0.890. The quantitative estimate of drug-likeness (QED) is 0.654. The van der Waals surface area contributed by atoms with E-state index in [9.17, 15) is 0 Å². The van der Waals surface area contributed by atoms with Gasteiger partial charge >= 0.3 is 0 Å². The van der Waals surface area contributed by atoms with E-state index in [1.54, 1.807) is 18.4 Å². The van der Waals surface area contributed by atoms with E-state index in [0.717, 1.165) is 29.4 Å². The van der Waals surface area contributed by atoms with Gasteiger partial charge in [0, 0.05) is 23.5 Å². The van der Waals surface area contributed by atoms with Gasteiger partial charge in [0.25, 0.3) is 0 Å². The number of thiazole rings is 1. The Kier molecular flexibility index (Phi) is 5.62. The summed E-state index contributed by atoms with van der Waals surface area (Å²) in [5.41, 5.74) is 3.50. The largest absolute Gasteiger partial charge is 0.497 e. The fourth-order valence-corrected chi connectivity index (χ4v) is 3.43. The third-order valence-electron chi connectivity index (χ3n) is 4.05. The van der Waals surface area contributed by atoms with Gasteiger partial charge in [0.05, 0.1) is 12.8 Å². The van der Waals surface area contributed by atoms with Crippen molar-refractivity contribution in [3.05, 3.63) is 70.5 Å². The highest BCUT2D eigenvalue weighted by molar-refractivity contribution is 7.09. The first-order valence-corrected chi connectivity index (χ1v) is 9.05. The molecule has 0 spiro atoms. The summed E-state index contributed by atoms with van der Waals surface area (Å²) in [6, 6.07) is 18.9. The van der Waals surface area contributed by atoms with Gasteiger partial charge in [0.2, 0.25) is 0 Å². The Labute approximate surface area is 147 Å². The first-order valence-electron chi connectivity index (χ1n) is 8.17. The molecule has 1 atom stereocenters. The average Bonchev–Trinajstić information content (AvgIpc) is 3.12. The highest BCUT2D eigenvalue weighted by Crippen LogP contribution is 2.23. The molecule has 3 rings (SSSR count). The lowest BCUT2D eigenvalue weighted by Gasteiger charge is -2.17. The van der Waals surface area contributed by atoms with E-state index >= 15 is 0 Å². The molecule has 2 aromatic carbocycles. The van der Waals surface area contributed by atoms with E-state index in [-0.39, 0.29) is 0 Å². The minimum Gasteiger partial charge on any atom is -0.497 e. The Balaban J connectivity index is 1.64. The smallest absolute Gasteiger partial charge is 0.118 e. The zero-order valence-electron chi connectivity index (χ0n) is 14.0. The highest BCUT2D eigenvalue weighted by atomic mass is 32.1. The predicted molar refractivity (Wildman–Crippen MR) is 100 cm³/mol. The van der Waals surface area contributed by atoms with Crippen LogP contribution in [-0.2, 0) is 6.54 Å². The number of rotatable bonds is 7. The van der Waals surface area contributed by atoms with Crippen molar-refractivity contribution < 1.29 is 4.74 Å². The van der Waals surface area contributed by atoms with Crippen LogP contribution in [0.5, 0.6) is 5.75 Å². The molecule has 0 fully saturated rings. The zero-order chi connectivity index (χ0) is 16.8. The van der Waals surface area contributed by atoms with Gasteiger partial charge in [-0.1, -0.05) is 49.4 Å². The van der Waals surface area contributed by atoms with E-state index < -0.39 is 0 Å². The monoisotopic (exact) mass is 338 g/mol. The molecular weight excluding hydrogens is 316 g/mol. The molecule has 1 N–H and O–H groups in total. The molecule has 0 amide bonds. The topological polar surface area (TPSA) is 34.2 Å². The standard InChI is InChI=1S/C20H22N2OS/c1-3-18(16-9-11-17(23-2)12-10-16)21-13-20-22-19(14-24-20)15-7-5-4-6-8-15/h4-12,14,18,21H,3,13H2,1-2H3. The Hall–Kier alpha value is -2.17. The van der Waals surface area contributed by atoms with Crippen molar-refractivity contribution in [3.8, 4) is 17.0 Å². The van der Waals surface area contributed by atoms with Gasteiger partial charge < -0.3 is 10.1 Å². The van der Waals surface area contributed by atoms with Crippen molar-refractivity contribution in [2.24, 2.45) is 0 Å². The minimum atomic E-state index is 0.319. The van der Waals surface area contributed by atoms with E-state index in [1.807, 2.05) is 30.3 Å². The summed E-state index contributed by atoms with van der Waals surface area (Å²) in [7, 11) is 1.69. The molecule has 1 unspecified atom stereocenters. The predicted octanol–water partition coefficient (Wildman–Crippen LogP) is 5.06. The summed E-state index contributed by atoms with van der Waals surface area (Å²) in [4.78, 5) is 4.74. The first-order chi connectivity index (χ1) is 11.8. The maximum Gasteiger partial charge on any atom is 0.118 e. The van der Waals surface area contributed by atoms with Gasteiger partial charge in [-0.3, -0.25) is 0 Å². The summed E-state index contributed by atoms with van der Waals surface area (Å²) in [5, 5.41) is 6.85. The molecule has 1 aromatic heterocycles. The Bertz CT molecular complexity index is 753. The van der Waals surface area contributed by atoms with Crippen molar-refractivity contribution >= 4 is 11.3 Å². The van der Waals surface area contributed by atoms with Gasteiger partial charge in [-0.2, -0.15) is 0 Å². The molecule has 3 nitrogen and oxygen atoms in total. The number of benzene rings is 2. The lowest BCUT2D eigenvalue weighted by atomic mass is 10.0. The molecule has 0 radical (unpaired) electrons. The first kappa shape index (κ1) is 16.7. The second-order valence-corrected chi connectivity index (χ2v) is 6.55. The lowest BCUT2D eigenvalue weighted by Crippen LogP contribution is -2.20. The SMILES string of the molecule is CCC(NCc1nc(-c2ccccc2)cs1)c1ccc(OC)cc1. The Morgan fingerprint density at radius 1 is 1.08 bits per heavy atom. The number of hydrogen-bond acceptors (Lipinski definition) is 4. The van der Waals surface area contributed by atoms with E-state index in [2.05, 4.69) is 41.9 Å². The van der Waals surface area contributed by atoms with Crippen LogP contribution in [0.2, 0.25) is 0 Å². The highest BCUT2D eigenvalue weighted by Gasteiger charge is 2.10. The van der Waals surface area contributed by atoms with E-state index in [1.165, 1.54) is 11.1 Å². The lowest BCUT2D eigenvalue weighted by molar-refractivity contribution is 0.414. The minimum absolute atomic E-state index is 0.319. The molecule has 0 aliphatic heterocycles. The molecular formula is C20H22N2OS. The van der Waals surface area contributed by atoms with Crippen LogP contribution in [0.15, 0.2) is 60.0 Å². The number of nitrogens with one attached hydrogen (secondary N) is 1. The van der Waals surface area contributed by atoms with Crippen molar-refractivity contribution in [1.82, 2.24) is 10.3 Å². The third-order valence-corrected chi connectivity index (χ3v) is 4.90. The van der Waals surface area contributed by atoms with Crippen LogP contribution in [0.1, 0.15) is 30.0 Å². The molecule has 1 heterocycles. The Morgan fingerprint density at radius 3 is 2.50 bits per heavy atom. The second-order valence-electron chi connectivity index (χ2n) is 5.61. The van der Waals surface area contributed by atoms with Gasteiger partial charge in [-0.05, 0) is 24.1 Å². The number of aromatic nitrogens is 1. The van der Waals surface area contributed by atoms with E-state index in [0.29, 0.717) is 6.04 Å². The maximum atomic E-state index is 5.23. The fraction of sp³-hybridized carbons (Fsp3) is 0.250. The van der Waals surface area contributed by atoms with Gasteiger partial charge in [-0.15, -0.1) is 11.3 Å². The number of nitrogens with zero attached hydrogens (tertiary/aromatic N) is 1. The van der Waals surface area contributed by atoms with Crippen molar-refractivity contribution in [3.63, 3.8) is 0 Å². The summed E-state index contributed by atoms with van der Waals surface area (Å²) in [6.45, 7) is 2.97. The van der Waals surface area contributed by atoms with Crippen molar-refractivity contribution in [1.29, 1.82) is 0 Å². The average molecular weight is 338 g/mol. The number of ether oxygens (including phenoxy) is 1. The van der Waals surface area contributed by atoms with Gasteiger partial charge in [0.15, 0.2) is 0 Å². The fourth-order valence-electron chi connectivity index (χ4n) is 2.68. The summed E-state index contributed by atoms with van der Waals surface area (Å²) in [6.07, 6.45) is 1.03. The van der Waals surface area contributed by atoms with Crippen LogP contribution >= 0.6 is 11.3 Å². The van der Waals surface area contributed by atoms with Gasteiger partial charge in [0.1, 0.15) is 10.8 Å². The molecule has 0 saturated carbocycles. The Morgan fingerprint density at radius 2 is 1.83 bits per heavy atom. The molecule has 0 aliphatic carbocycles. The molecule has 4 heteroatoms. The van der Waals surface area contributed by atoms with Crippen LogP contribution in [0.4, 0.5) is 0 Å². The second kappa shape index (κ2) is 8.08. The molecule has 0 bridgehead atoms. The number of methoxy groups -OCH3 is 1. The summed E-state index contributed by atoms with van der Waals surface area (Å²) < 4.78 is 5.23.